The van der Waals surface area contributed by atoms with Crippen LogP contribution in [0.2, 0.25) is 0 Å². The predicted molar refractivity (Wildman–Crippen MR) is 101 cm³/mol. The fourth-order valence-electron chi connectivity index (χ4n) is 2.42. The Labute approximate surface area is 157 Å². The van der Waals surface area contributed by atoms with Gasteiger partial charge in [0.2, 0.25) is 5.91 Å². The van der Waals surface area contributed by atoms with Crippen molar-refractivity contribution in [2.75, 3.05) is 12.4 Å². The molecule has 0 heterocycles. The molecule has 0 aliphatic rings. The van der Waals surface area contributed by atoms with Gasteiger partial charge >= 0.3 is 5.97 Å². The molecule has 0 saturated heterocycles. The summed E-state index contributed by atoms with van der Waals surface area (Å²) in [6.07, 6.45) is 0. The zero-order chi connectivity index (χ0) is 20.0. The summed E-state index contributed by atoms with van der Waals surface area (Å²) in [4.78, 5) is 35.9. The highest BCUT2D eigenvalue weighted by molar-refractivity contribution is 6.01. The number of carbonyl (C=O) groups is 3. The minimum Gasteiger partial charge on any atom is -0.497 e. The molecule has 0 fully saturated rings. The molecule has 2 rings (SSSR count). The average Bonchev–Trinajstić information content (AvgIpc) is 2.66. The zero-order valence-electron chi connectivity index (χ0n) is 15.4. The Hall–Kier alpha value is -3.35. The van der Waals surface area contributed by atoms with Crippen molar-refractivity contribution in [1.82, 2.24) is 5.32 Å². The minimum atomic E-state index is -1.04. The van der Waals surface area contributed by atoms with E-state index in [2.05, 4.69) is 10.6 Å². The van der Waals surface area contributed by atoms with Crippen molar-refractivity contribution in [1.29, 1.82) is 0 Å². The van der Waals surface area contributed by atoms with E-state index in [0.717, 1.165) is 0 Å². The molecule has 0 aliphatic carbocycles. The lowest BCUT2D eigenvalue weighted by atomic mass is 10.0. The Morgan fingerprint density at radius 1 is 0.926 bits per heavy atom. The summed E-state index contributed by atoms with van der Waals surface area (Å²) in [6, 6.07) is 11.6. The molecule has 1 unspecified atom stereocenters. The maximum atomic E-state index is 12.6. The van der Waals surface area contributed by atoms with Crippen molar-refractivity contribution < 1.29 is 24.2 Å². The zero-order valence-corrected chi connectivity index (χ0v) is 15.4. The smallest absolute Gasteiger partial charge is 0.335 e. The van der Waals surface area contributed by atoms with Crippen LogP contribution in [-0.4, -0.2) is 36.0 Å². The Morgan fingerprint density at radius 2 is 1.48 bits per heavy atom. The molecule has 142 valence electrons. The summed E-state index contributed by atoms with van der Waals surface area (Å²) in [6.45, 7) is 3.65. The molecular formula is C20H22N2O5. The summed E-state index contributed by atoms with van der Waals surface area (Å²) >= 11 is 0. The van der Waals surface area contributed by atoms with Gasteiger partial charge in [0.25, 0.3) is 5.91 Å². The largest absolute Gasteiger partial charge is 0.497 e. The number of aromatic carboxylic acids is 1. The Kier molecular flexibility index (Phi) is 6.54. The quantitative estimate of drug-likeness (QED) is 0.695. The summed E-state index contributed by atoms with van der Waals surface area (Å²) in [5.74, 6) is -1.30. The lowest BCUT2D eigenvalue weighted by molar-refractivity contribution is -0.118. The lowest BCUT2D eigenvalue weighted by Gasteiger charge is -2.22. The summed E-state index contributed by atoms with van der Waals surface area (Å²) in [5, 5.41) is 14.3. The topological polar surface area (TPSA) is 105 Å². The summed E-state index contributed by atoms with van der Waals surface area (Å²) in [5.41, 5.74) is 0.996. The van der Waals surface area contributed by atoms with Crippen LogP contribution in [0.3, 0.4) is 0 Å². The molecule has 0 bridgehead atoms. The van der Waals surface area contributed by atoms with E-state index >= 15 is 0 Å². The van der Waals surface area contributed by atoms with Crippen LogP contribution in [0.25, 0.3) is 0 Å². The molecule has 27 heavy (non-hydrogen) atoms. The second kappa shape index (κ2) is 8.84. The number of carboxylic acid groups (broad SMARTS) is 1. The number of anilines is 1. The van der Waals surface area contributed by atoms with Gasteiger partial charge in [0.1, 0.15) is 11.8 Å². The molecule has 0 aliphatic heterocycles. The Morgan fingerprint density at radius 3 is 1.96 bits per heavy atom. The first-order chi connectivity index (χ1) is 12.8. The van der Waals surface area contributed by atoms with E-state index in [9.17, 15) is 14.4 Å². The average molecular weight is 370 g/mol. The SMILES string of the molecule is COc1ccc(C(=O)NC(C(=O)Nc2ccc(C(=O)O)cc2)C(C)C)cc1. The second-order valence-corrected chi connectivity index (χ2v) is 6.30. The van der Waals surface area contributed by atoms with Gasteiger partial charge in [-0.3, -0.25) is 9.59 Å². The van der Waals surface area contributed by atoms with E-state index in [0.29, 0.717) is 17.0 Å². The van der Waals surface area contributed by atoms with Gasteiger partial charge in [-0.25, -0.2) is 4.79 Å². The number of hydrogen-bond donors (Lipinski definition) is 3. The van der Waals surface area contributed by atoms with Crippen molar-refractivity contribution in [3.8, 4) is 5.75 Å². The molecule has 2 amide bonds. The van der Waals surface area contributed by atoms with Crippen LogP contribution in [0, 0.1) is 5.92 Å². The normalized spacial score (nSPS) is 11.6. The number of methoxy groups -OCH3 is 1. The predicted octanol–water partition coefficient (Wildman–Crippen LogP) is 2.79. The molecule has 0 saturated carbocycles. The maximum Gasteiger partial charge on any atom is 0.335 e. The fourth-order valence-corrected chi connectivity index (χ4v) is 2.42. The van der Waals surface area contributed by atoms with E-state index in [4.69, 9.17) is 9.84 Å². The lowest BCUT2D eigenvalue weighted by Crippen LogP contribution is -2.47. The first-order valence-corrected chi connectivity index (χ1v) is 8.41. The number of nitrogens with one attached hydrogen (secondary N) is 2. The van der Waals surface area contributed by atoms with Crippen LogP contribution in [0.15, 0.2) is 48.5 Å². The van der Waals surface area contributed by atoms with Crippen LogP contribution >= 0.6 is 0 Å². The highest BCUT2D eigenvalue weighted by atomic mass is 16.5. The molecule has 3 N–H and O–H groups in total. The Bertz CT molecular complexity index is 813. The second-order valence-electron chi connectivity index (χ2n) is 6.30. The van der Waals surface area contributed by atoms with Gasteiger partial charge in [0.15, 0.2) is 0 Å². The number of amides is 2. The highest BCUT2D eigenvalue weighted by Gasteiger charge is 2.25. The minimum absolute atomic E-state index is 0.126. The van der Waals surface area contributed by atoms with Gasteiger partial charge in [-0.1, -0.05) is 13.8 Å². The van der Waals surface area contributed by atoms with E-state index in [1.807, 2.05) is 13.8 Å². The van der Waals surface area contributed by atoms with Crippen LogP contribution in [0.1, 0.15) is 34.6 Å². The van der Waals surface area contributed by atoms with Crippen LogP contribution in [-0.2, 0) is 4.79 Å². The number of carbonyl (C=O) groups excluding carboxylic acids is 2. The first kappa shape index (κ1) is 20.0. The van der Waals surface area contributed by atoms with Gasteiger partial charge in [0, 0.05) is 11.3 Å². The standard InChI is InChI=1S/C20H22N2O5/c1-12(2)17(22-18(23)13-6-10-16(27-3)11-7-13)19(24)21-15-8-4-14(5-9-15)20(25)26/h4-12,17H,1-3H3,(H,21,24)(H,22,23)(H,25,26). The van der Waals surface area contributed by atoms with Crippen molar-refractivity contribution in [2.24, 2.45) is 5.92 Å². The van der Waals surface area contributed by atoms with Gasteiger partial charge in [0.05, 0.1) is 12.7 Å². The van der Waals surface area contributed by atoms with Gasteiger partial charge in [-0.05, 0) is 54.4 Å². The van der Waals surface area contributed by atoms with E-state index < -0.39 is 12.0 Å². The molecule has 2 aromatic carbocycles. The molecule has 0 spiro atoms. The molecule has 0 radical (unpaired) electrons. The fraction of sp³-hybridized carbons (Fsp3) is 0.250. The van der Waals surface area contributed by atoms with Crippen molar-refractivity contribution in [3.05, 3.63) is 59.7 Å². The van der Waals surface area contributed by atoms with Crippen molar-refractivity contribution >= 4 is 23.5 Å². The third-order valence-electron chi connectivity index (χ3n) is 3.99. The molecular weight excluding hydrogens is 348 g/mol. The van der Waals surface area contributed by atoms with Crippen molar-refractivity contribution in [3.63, 3.8) is 0 Å². The summed E-state index contributed by atoms with van der Waals surface area (Å²) < 4.78 is 5.06. The van der Waals surface area contributed by atoms with E-state index in [-0.39, 0.29) is 23.3 Å². The number of benzene rings is 2. The van der Waals surface area contributed by atoms with Crippen LogP contribution in [0.4, 0.5) is 5.69 Å². The number of carboxylic acids is 1. The number of ether oxygens (including phenoxy) is 1. The van der Waals surface area contributed by atoms with Crippen LogP contribution in [0.5, 0.6) is 5.75 Å². The molecule has 7 heteroatoms. The number of hydrogen-bond acceptors (Lipinski definition) is 4. The molecule has 2 aromatic rings. The highest BCUT2D eigenvalue weighted by Crippen LogP contribution is 2.14. The van der Waals surface area contributed by atoms with Crippen molar-refractivity contribution in [2.45, 2.75) is 19.9 Å². The number of rotatable bonds is 7. The van der Waals surface area contributed by atoms with E-state index in [1.54, 1.807) is 24.3 Å². The van der Waals surface area contributed by atoms with E-state index in [1.165, 1.54) is 31.4 Å². The maximum absolute atomic E-state index is 12.6. The third-order valence-corrected chi connectivity index (χ3v) is 3.99. The first-order valence-electron chi connectivity index (χ1n) is 8.41. The third kappa shape index (κ3) is 5.31. The monoisotopic (exact) mass is 370 g/mol. The molecule has 1 atom stereocenters. The van der Waals surface area contributed by atoms with Gasteiger partial charge < -0.3 is 20.5 Å². The van der Waals surface area contributed by atoms with Gasteiger partial charge in [-0.2, -0.15) is 0 Å². The van der Waals surface area contributed by atoms with Crippen LogP contribution < -0.4 is 15.4 Å². The van der Waals surface area contributed by atoms with Gasteiger partial charge in [-0.15, -0.1) is 0 Å². The summed E-state index contributed by atoms with van der Waals surface area (Å²) in [7, 11) is 1.54. The Balaban J connectivity index is 2.07. The molecule has 0 aromatic heterocycles. The molecule has 7 nitrogen and oxygen atoms in total.